The Kier molecular flexibility index (Phi) is 5.64. The first-order chi connectivity index (χ1) is 15.3. The zero-order chi connectivity index (χ0) is 23.0. The third kappa shape index (κ3) is 3.81. The molecule has 32 heavy (non-hydrogen) atoms. The van der Waals surface area contributed by atoms with Crippen LogP contribution in [0.4, 0.5) is 4.39 Å². The van der Waals surface area contributed by atoms with E-state index in [0.717, 1.165) is 15.9 Å². The predicted molar refractivity (Wildman–Crippen MR) is 117 cm³/mol. The Morgan fingerprint density at radius 1 is 1.12 bits per heavy atom. The number of aryl methyl sites for hydroxylation is 3. The van der Waals surface area contributed by atoms with Gasteiger partial charge in [0, 0.05) is 53.1 Å². The number of rotatable bonds is 7. The standard InChI is InChI=1S/C21H24FN7O3/c1-26-15-7-6-13(22)11-14(15)25-16(26)8-9-23-17(30)5-4-10-29-12-24-19-18(29)20(31)28(3)21(32)27(19)2/h6-7,11-12H,4-5,8-10H2,1-3H3,(H,23,30). The second kappa shape index (κ2) is 8.40. The van der Waals surface area contributed by atoms with Crippen molar-refractivity contribution in [2.75, 3.05) is 6.54 Å². The Bertz CT molecular complexity index is 1440. The number of hydrogen-bond donors (Lipinski definition) is 1. The molecule has 11 heteroatoms. The molecule has 0 aliphatic carbocycles. The number of aromatic nitrogens is 6. The van der Waals surface area contributed by atoms with Crippen LogP contribution in [0.25, 0.3) is 22.2 Å². The lowest BCUT2D eigenvalue weighted by molar-refractivity contribution is -0.121. The molecule has 0 fully saturated rings. The highest BCUT2D eigenvalue weighted by molar-refractivity contribution is 5.77. The predicted octanol–water partition coefficient (Wildman–Crippen LogP) is 0.599. The monoisotopic (exact) mass is 441 g/mol. The third-order valence-corrected chi connectivity index (χ3v) is 5.63. The van der Waals surface area contributed by atoms with E-state index >= 15 is 0 Å². The smallest absolute Gasteiger partial charge is 0.332 e. The van der Waals surface area contributed by atoms with Gasteiger partial charge in [-0.05, 0) is 18.6 Å². The summed E-state index contributed by atoms with van der Waals surface area (Å²) in [6, 6.07) is 4.47. The van der Waals surface area contributed by atoms with Gasteiger partial charge in [0.2, 0.25) is 5.91 Å². The molecule has 4 aromatic rings. The van der Waals surface area contributed by atoms with Gasteiger partial charge in [-0.25, -0.2) is 19.2 Å². The van der Waals surface area contributed by atoms with Gasteiger partial charge in [-0.2, -0.15) is 0 Å². The molecule has 10 nitrogen and oxygen atoms in total. The van der Waals surface area contributed by atoms with Crippen LogP contribution in [0.5, 0.6) is 0 Å². The maximum atomic E-state index is 13.4. The first kappa shape index (κ1) is 21.5. The van der Waals surface area contributed by atoms with Crippen LogP contribution in [0.2, 0.25) is 0 Å². The fourth-order valence-electron chi connectivity index (χ4n) is 3.83. The summed E-state index contributed by atoms with van der Waals surface area (Å²) in [6.45, 7) is 0.836. The van der Waals surface area contributed by atoms with Crippen molar-refractivity contribution in [3.05, 3.63) is 57.0 Å². The summed E-state index contributed by atoms with van der Waals surface area (Å²) in [4.78, 5) is 45.3. The average molecular weight is 441 g/mol. The molecular formula is C21H24FN7O3. The van der Waals surface area contributed by atoms with E-state index in [9.17, 15) is 18.8 Å². The maximum absolute atomic E-state index is 13.4. The zero-order valence-electron chi connectivity index (χ0n) is 18.1. The molecule has 3 heterocycles. The van der Waals surface area contributed by atoms with Gasteiger partial charge in [0.15, 0.2) is 11.2 Å². The highest BCUT2D eigenvalue weighted by Crippen LogP contribution is 2.16. The van der Waals surface area contributed by atoms with E-state index in [1.54, 1.807) is 17.7 Å². The van der Waals surface area contributed by atoms with Gasteiger partial charge in [-0.15, -0.1) is 0 Å². The number of imidazole rings is 2. The summed E-state index contributed by atoms with van der Waals surface area (Å²) in [6.07, 6.45) is 2.82. The minimum Gasteiger partial charge on any atom is -0.356 e. The maximum Gasteiger partial charge on any atom is 0.332 e. The van der Waals surface area contributed by atoms with Crippen LogP contribution in [0.1, 0.15) is 18.7 Å². The summed E-state index contributed by atoms with van der Waals surface area (Å²) in [5.74, 6) is 0.318. The molecule has 0 unspecified atom stereocenters. The largest absolute Gasteiger partial charge is 0.356 e. The Labute approximate surface area is 181 Å². The zero-order valence-corrected chi connectivity index (χ0v) is 18.1. The van der Waals surface area contributed by atoms with Crippen LogP contribution in [0.3, 0.4) is 0 Å². The van der Waals surface area contributed by atoms with Crippen LogP contribution < -0.4 is 16.6 Å². The van der Waals surface area contributed by atoms with Gasteiger partial charge < -0.3 is 14.5 Å². The number of nitrogens with zero attached hydrogens (tertiary/aromatic N) is 6. The van der Waals surface area contributed by atoms with Crippen LogP contribution in [-0.4, -0.2) is 40.7 Å². The van der Waals surface area contributed by atoms with Crippen molar-refractivity contribution in [2.45, 2.75) is 25.8 Å². The number of hydrogen-bond acceptors (Lipinski definition) is 5. The van der Waals surface area contributed by atoms with Gasteiger partial charge in [-0.1, -0.05) is 0 Å². The van der Waals surface area contributed by atoms with Crippen molar-refractivity contribution in [2.24, 2.45) is 21.1 Å². The molecule has 3 aromatic heterocycles. The molecule has 0 spiro atoms. The van der Waals surface area contributed by atoms with Gasteiger partial charge in [0.1, 0.15) is 11.6 Å². The number of halogens is 1. The first-order valence-corrected chi connectivity index (χ1v) is 10.3. The van der Waals surface area contributed by atoms with Crippen molar-refractivity contribution in [3.63, 3.8) is 0 Å². The number of fused-ring (bicyclic) bond motifs is 2. The van der Waals surface area contributed by atoms with Crippen LogP contribution in [-0.2, 0) is 38.9 Å². The molecule has 0 aliphatic heterocycles. The first-order valence-electron chi connectivity index (χ1n) is 10.3. The Morgan fingerprint density at radius 2 is 1.91 bits per heavy atom. The Hall–Kier alpha value is -3.76. The van der Waals surface area contributed by atoms with E-state index in [-0.39, 0.29) is 18.1 Å². The molecule has 0 saturated carbocycles. The quantitative estimate of drug-likeness (QED) is 0.452. The van der Waals surface area contributed by atoms with E-state index < -0.39 is 11.2 Å². The minimum absolute atomic E-state index is 0.112. The molecule has 168 valence electrons. The lowest BCUT2D eigenvalue weighted by atomic mass is 10.3. The topological polar surface area (TPSA) is 109 Å². The van der Waals surface area contributed by atoms with Crippen LogP contribution in [0.15, 0.2) is 34.1 Å². The average Bonchev–Trinajstić information content (AvgIpc) is 3.32. The van der Waals surface area contributed by atoms with Gasteiger partial charge >= 0.3 is 5.69 Å². The molecular weight excluding hydrogens is 417 g/mol. The molecule has 0 saturated heterocycles. The normalized spacial score (nSPS) is 11.5. The fourth-order valence-corrected chi connectivity index (χ4v) is 3.83. The van der Waals surface area contributed by atoms with Gasteiger partial charge in [0.05, 0.1) is 17.4 Å². The van der Waals surface area contributed by atoms with E-state index in [0.29, 0.717) is 42.6 Å². The van der Waals surface area contributed by atoms with Crippen LogP contribution in [0, 0.1) is 5.82 Å². The molecule has 0 bridgehead atoms. The highest BCUT2D eigenvalue weighted by Gasteiger charge is 2.14. The summed E-state index contributed by atoms with van der Waals surface area (Å²) >= 11 is 0. The third-order valence-electron chi connectivity index (χ3n) is 5.63. The van der Waals surface area contributed by atoms with E-state index in [1.165, 1.54) is 30.1 Å². The molecule has 0 radical (unpaired) electrons. The van der Waals surface area contributed by atoms with Crippen molar-refractivity contribution in [3.8, 4) is 0 Å². The molecule has 0 aliphatic rings. The lowest BCUT2D eigenvalue weighted by Crippen LogP contribution is -2.37. The van der Waals surface area contributed by atoms with Crippen molar-refractivity contribution >= 4 is 28.1 Å². The van der Waals surface area contributed by atoms with E-state index in [1.807, 2.05) is 11.6 Å². The Morgan fingerprint density at radius 3 is 2.69 bits per heavy atom. The van der Waals surface area contributed by atoms with Crippen molar-refractivity contribution in [1.29, 1.82) is 0 Å². The number of amides is 1. The van der Waals surface area contributed by atoms with Crippen LogP contribution >= 0.6 is 0 Å². The second-order valence-electron chi connectivity index (χ2n) is 7.74. The number of benzene rings is 1. The van der Waals surface area contributed by atoms with Crippen molar-refractivity contribution < 1.29 is 9.18 Å². The summed E-state index contributed by atoms with van der Waals surface area (Å²) in [5.41, 5.74) is 1.25. The second-order valence-corrected chi connectivity index (χ2v) is 7.74. The van der Waals surface area contributed by atoms with E-state index in [2.05, 4.69) is 15.3 Å². The number of carbonyl (C=O) groups excluding carboxylic acids is 1. The van der Waals surface area contributed by atoms with Gasteiger partial charge in [0.25, 0.3) is 5.56 Å². The summed E-state index contributed by atoms with van der Waals surface area (Å²) in [5, 5.41) is 2.87. The van der Waals surface area contributed by atoms with Gasteiger partial charge in [-0.3, -0.25) is 18.7 Å². The molecule has 1 amide bonds. The SMILES string of the molecule is Cn1c(=O)c2c(ncn2CCCC(=O)NCCc2nc3cc(F)ccc3n2C)n(C)c1=O. The lowest BCUT2D eigenvalue weighted by Gasteiger charge is -2.08. The Balaban J connectivity index is 1.32. The summed E-state index contributed by atoms with van der Waals surface area (Å²) in [7, 11) is 4.85. The van der Waals surface area contributed by atoms with E-state index in [4.69, 9.17) is 0 Å². The molecule has 4 rings (SSSR count). The van der Waals surface area contributed by atoms with Crippen molar-refractivity contribution in [1.82, 2.24) is 33.6 Å². The number of nitrogens with one attached hydrogen (secondary N) is 1. The minimum atomic E-state index is -0.433. The molecule has 1 aromatic carbocycles. The highest BCUT2D eigenvalue weighted by atomic mass is 19.1. The summed E-state index contributed by atoms with van der Waals surface area (Å²) < 4.78 is 19.3. The number of carbonyl (C=O) groups is 1. The molecule has 1 N–H and O–H groups in total. The fraction of sp³-hybridized carbons (Fsp3) is 0.381. The molecule has 0 atom stereocenters.